The van der Waals surface area contributed by atoms with E-state index in [-0.39, 0.29) is 0 Å². The Morgan fingerprint density at radius 3 is 2.92 bits per heavy atom. The van der Waals surface area contributed by atoms with Crippen LogP contribution in [-0.4, -0.2) is 17.6 Å². The molecule has 0 bridgehead atoms. The van der Waals surface area contributed by atoms with Crippen LogP contribution in [0.4, 0.5) is 5.69 Å². The van der Waals surface area contributed by atoms with Crippen molar-refractivity contribution in [3.8, 4) is 21.9 Å². The van der Waals surface area contributed by atoms with Crippen LogP contribution in [-0.2, 0) is 4.74 Å². The fourth-order valence-corrected chi connectivity index (χ4v) is 4.41. The lowest BCUT2D eigenvalue weighted by Crippen LogP contribution is -2.04. The second-order valence-electron chi connectivity index (χ2n) is 5.26. The molecular weight excluding hydrogens is 356 g/mol. The van der Waals surface area contributed by atoms with Gasteiger partial charge in [-0.05, 0) is 36.6 Å². The Morgan fingerprint density at radius 1 is 1.36 bits per heavy atom. The Bertz CT molecular complexity index is 1030. The molecule has 5 nitrogen and oxygen atoms in total. The molecule has 0 unspecified atom stereocenters. The molecule has 4 heterocycles. The van der Waals surface area contributed by atoms with Crippen LogP contribution in [0.5, 0.6) is 0 Å². The number of hydrogen-bond donors (Lipinski definition) is 1. The molecule has 4 aromatic heterocycles. The fourth-order valence-electron chi connectivity index (χ4n) is 2.65. The number of thiophene rings is 2. The van der Waals surface area contributed by atoms with Gasteiger partial charge >= 0.3 is 5.97 Å². The van der Waals surface area contributed by atoms with Crippen LogP contribution in [0.15, 0.2) is 46.4 Å². The molecule has 0 aromatic carbocycles. The number of nitrogens with two attached hydrogens (primary N) is 1. The van der Waals surface area contributed by atoms with Gasteiger partial charge in [-0.3, -0.25) is 0 Å². The first-order valence-electron chi connectivity index (χ1n) is 7.67. The van der Waals surface area contributed by atoms with Crippen molar-refractivity contribution in [2.45, 2.75) is 6.92 Å². The highest BCUT2D eigenvalue weighted by Gasteiger charge is 2.23. The highest BCUT2D eigenvalue weighted by molar-refractivity contribution is 7.21. The molecule has 25 heavy (non-hydrogen) atoms. The summed E-state index contributed by atoms with van der Waals surface area (Å²) in [5.74, 6) is 0.254. The van der Waals surface area contributed by atoms with Crippen molar-refractivity contribution in [2.24, 2.45) is 0 Å². The van der Waals surface area contributed by atoms with Gasteiger partial charge in [-0.25, -0.2) is 9.78 Å². The number of anilines is 1. The minimum absolute atomic E-state index is 0.301. The van der Waals surface area contributed by atoms with E-state index in [1.165, 1.54) is 11.3 Å². The van der Waals surface area contributed by atoms with E-state index >= 15 is 0 Å². The average Bonchev–Trinajstić information content (AvgIpc) is 3.36. The molecular formula is C18H14N2O3S2. The van der Waals surface area contributed by atoms with Gasteiger partial charge in [0.1, 0.15) is 15.4 Å². The summed E-state index contributed by atoms with van der Waals surface area (Å²) in [5.41, 5.74) is 8.36. The summed E-state index contributed by atoms with van der Waals surface area (Å²) in [6, 6.07) is 9.62. The van der Waals surface area contributed by atoms with Gasteiger partial charge in [-0.1, -0.05) is 6.07 Å². The number of nitrogen functional groups attached to an aromatic ring is 1. The lowest BCUT2D eigenvalue weighted by molar-refractivity contribution is 0.0533. The van der Waals surface area contributed by atoms with Crippen molar-refractivity contribution in [2.75, 3.05) is 12.3 Å². The number of esters is 1. The average molecular weight is 370 g/mol. The molecule has 0 saturated carbocycles. The van der Waals surface area contributed by atoms with E-state index in [2.05, 4.69) is 4.98 Å². The quantitative estimate of drug-likeness (QED) is 0.509. The lowest BCUT2D eigenvalue weighted by Gasteiger charge is -2.05. The van der Waals surface area contributed by atoms with E-state index < -0.39 is 5.97 Å². The Balaban J connectivity index is 2.00. The Morgan fingerprint density at radius 2 is 2.24 bits per heavy atom. The first kappa shape index (κ1) is 15.9. The van der Waals surface area contributed by atoms with Gasteiger partial charge in [-0.2, -0.15) is 0 Å². The van der Waals surface area contributed by atoms with Gasteiger partial charge in [0.05, 0.1) is 18.6 Å². The predicted octanol–water partition coefficient (Wildman–Crippen LogP) is 5.04. The molecule has 0 fully saturated rings. The Hall–Kier alpha value is -2.64. The van der Waals surface area contributed by atoms with E-state index in [1.807, 2.05) is 35.7 Å². The van der Waals surface area contributed by atoms with Gasteiger partial charge in [0.25, 0.3) is 0 Å². The fraction of sp³-hybridized carbons (Fsp3) is 0.111. The highest BCUT2D eigenvalue weighted by Crippen LogP contribution is 2.42. The number of fused-ring (bicyclic) bond motifs is 1. The largest absolute Gasteiger partial charge is 0.463 e. The van der Waals surface area contributed by atoms with Crippen LogP contribution in [0.25, 0.3) is 32.1 Å². The van der Waals surface area contributed by atoms with Crippen LogP contribution in [0.3, 0.4) is 0 Å². The summed E-state index contributed by atoms with van der Waals surface area (Å²) in [6.45, 7) is 2.07. The van der Waals surface area contributed by atoms with Crippen LogP contribution >= 0.6 is 22.7 Å². The molecule has 0 amide bonds. The smallest absolute Gasteiger partial charge is 0.350 e. The number of carbonyl (C=O) groups excluding carboxylic acids is 1. The van der Waals surface area contributed by atoms with E-state index in [1.54, 1.807) is 24.5 Å². The molecule has 4 aromatic rings. The van der Waals surface area contributed by atoms with Crippen LogP contribution < -0.4 is 5.73 Å². The van der Waals surface area contributed by atoms with Gasteiger partial charge < -0.3 is 14.9 Å². The number of carbonyl (C=O) groups is 1. The van der Waals surface area contributed by atoms with Crippen LogP contribution in [0.2, 0.25) is 0 Å². The lowest BCUT2D eigenvalue weighted by atomic mass is 10.1. The molecule has 0 saturated heterocycles. The van der Waals surface area contributed by atoms with Crippen molar-refractivity contribution in [1.82, 2.24) is 4.98 Å². The number of furan rings is 1. The van der Waals surface area contributed by atoms with Crippen molar-refractivity contribution < 1.29 is 13.9 Å². The Kier molecular flexibility index (Phi) is 4.03. The first-order chi connectivity index (χ1) is 12.2. The van der Waals surface area contributed by atoms with Crippen LogP contribution in [0.1, 0.15) is 16.6 Å². The van der Waals surface area contributed by atoms with E-state index in [0.717, 1.165) is 15.8 Å². The standard InChI is InChI=1S/C18H14N2O3S2/c1-2-22-18(21)16-15(19)14-10(13-6-4-8-24-13)9-11(20-17(14)25-16)12-5-3-7-23-12/h3-9H,2,19H2,1H3. The molecule has 0 aliphatic rings. The van der Waals surface area contributed by atoms with Gasteiger partial charge in [-0.15, -0.1) is 22.7 Å². The number of aromatic nitrogens is 1. The monoisotopic (exact) mass is 370 g/mol. The maximum absolute atomic E-state index is 12.2. The third-order valence-electron chi connectivity index (χ3n) is 3.72. The van der Waals surface area contributed by atoms with E-state index in [9.17, 15) is 4.79 Å². The van der Waals surface area contributed by atoms with Gasteiger partial charge in [0.15, 0.2) is 5.76 Å². The Labute approximate surface area is 151 Å². The van der Waals surface area contributed by atoms with Gasteiger partial charge in [0.2, 0.25) is 0 Å². The highest BCUT2D eigenvalue weighted by atomic mass is 32.1. The third-order valence-corrected chi connectivity index (χ3v) is 5.70. The molecule has 0 atom stereocenters. The normalized spacial score (nSPS) is 11.1. The summed E-state index contributed by atoms with van der Waals surface area (Å²) in [7, 11) is 0. The molecule has 126 valence electrons. The minimum atomic E-state index is -0.417. The summed E-state index contributed by atoms with van der Waals surface area (Å²) in [4.78, 5) is 19.0. The van der Waals surface area contributed by atoms with E-state index in [4.69, 9.17) is 14.9 Å². The third kappa shape index (κ3) is 2.71. The molecule has 0 aliphatic carbocycles. The topological polar surface area (TPSA) is 78.3 Å². The van der Waals surface area contributed by atoms with E-state index in [0.29, 0.717) is 33.5 Å². The maximum Gasteiger partial charge on any atom is 0.350 e. The summed E-state index contributed by atoms with van der Waals surface area (Å²) in [5, 5.41) is 2.79. The molecule has 0 aliphatic heterocycles. The van der Waals surface area contributed by atoms with Crippen molar-refractivity contribution in [3.63, 3.8) is 0 Å². The first-order valence-corrected chi connectivity index (χ1v) is 9.36. The second-order valence-corrected chi connectivity index (χ2v) is 7.20. The molecule has 4 rings (SSSR count). The summed E-state index contributed by atoms with van der Waals surface area (Å²) in [6.07, 6.45) is 1.61. The second kappa shape index (κ2) is 6.34. The van der Waals surface area contributed by atoms with Gasteiger partial charge in [0, 0.05) is 15.8 Å². The zero-order valence-corrected chi connectivity index (χ0v) is 14.9. The predicted molar refractivity (Wildman–Crippen MR) is 101 cm³/mol. The number of nitrogens with zero attached hydrogens (tertiary/aromatic N) is 1. The zero-order valence-electron chi connectivity index (χ0n) is 13.3. The summed E-state index contributed by atoms with van der Waals surface area (Å²) < 4.78 is 10.6. The SMILES string of the molecule is CCOC(=O)c1sc2nc(-c3ccco3)cc(-c3cccs3)c2c1N. The van der Waals surface area contributed by atoms with Crippen molar-refractivity contribution >= 4 is 44.5 Å². The number of hydrogen-bond acceptors (Lipinski definition) is 7. The number of ether oxygens (including phenoxy) is 1. The zero-order chi connectivity index (χ0) is 17.4. The maximum atomic E-state index is 12.2. The summed E-state index contributed by atoms with van der Waals surface area (Å²) >= 11 is 2.86. The molecule has 0 spiro atoms. The number of rotatable bonds is 4. The molecule has 0 radical (unpaired) electrons. The van der Waals surface area contributed by atoms with Crippen molar-refractivity contribution in [3.05, 3.63) is 46.9 Å². The molecule has 2 N–H and O–H groups in total. The van der Waals surface area contributed by atoms with Crippen molar-refractivity contribution in [1.29, 1.82) is 0 Å². The van der Waals surface area contributed by atoms with Crippen LogP contribution in [0, 0.1) is 0 Å². The minimum Gasteiger partial charge on any atom is -0.463 e. The molecule has 7 heteroatoms. The number of pyridine rings is 1.